The molecule has 0 radical (unpaired) electrons. The number of aliphatic imine (C=N–C) groups is 2. The molecule has 0 heterocycles. The maximum Gasteiger partial charge on any atom is 0.257 e. The molecule has 0 bridgehead atoms. The molecule has 6 nitrogen and oxygen atoms in total. The fraction of sp³-hybridized carbons (Fsp3) is 0.250. The molecule has 1 aromatic rings. The minimum absolute atomic E-state index is 0.584. The molecule has 0 aliphatic heterocycles. The first-order chi connectivity index (χ1) is 10.7. The lowest BCUT2D eigenvalue weighted by Crippen LogP contribution is -2.56. The lowest BCUT2D eigenvalue weighted by atomic mass is 9.68. The van der Waals surface area contributed by atoms with Crippen LogP contribution in [-0.2, 0) is 19.1 Å². The van der Waals surface area contributed by atoms with Gasteiger partial charge in [0.25, 0.3) is 5.66 Å². The molecular weight excluding hydrogens is 284 g/mol. The number of isocyanates is 2. The topological polar surface area (TPSA) is 77.3 Å². The Morgan fingerprint density at radius 2 is 1.59 bits per heavy atom. The minimum Gasteiger partial charge on any atom is -0.346 e. The van der Waals surface area contributed by atoms with Crippen LogP contribution in [0.1, 0.15) is 11.1 Å². The van der Waals surface area contributed by atoms with Gasteiger partial charge in [0.05, 0.1) is 0 Å². The van der Waals surface area contributed by atoms with Crippen molar-refractivity contribution in [2.24, 2.45) is 9.98 Å². The molecule has 0 spiro atoms. The molecule has 1 aromatic carbocycles. The van der Waals surface area contributed by atoms with Crippen molar-refractivity contribution < 1.29 is 19.1 Å². The Balaban J connectivity index is 2.35. The number of ether oxygens (including phenoxy) is 2. The molecular formula is C16H12N2O4. The Morgan fingerprint density at radius 3 is 2.14 bits per heavy atom. The van der Waals surface area contributed by atoms with Gasteiger partial charge in [-0.25, -0.2) is 9.59 Å². The van der Waals surface area contributed by atoms with Crippen molar-refractivity contribution in [2.75, 3.05) is 14.2 Å². The molecule has 0 atom stereocenters. The second-order valence-corrected chi connectivity index (χ2v) is 4.82. The van der Waals surface area contributed by atoms with Gasteiger partial charge in [0.2, 0.25) is 17.9 Å². The van der Waals surface area contributed by atoms with E-state index in [9.17, 15) is 9.59 Å². The zero-order valence-corrected chi connectivity index (χ0v) is 12.0. The molecule has 6 heteroatoms. The van der Waals surface area contributed by atoms with E-state index in [1.54, 1.807) is 6.08 Å². The summed E-state index contributed by atoms with van der Waals surface area (Å²) in [6.07, 6.45) is 6.35. The van der Waals surface area contributed by atoms with Crippen LogP contribution in [0.3, 0.4) is 0 Å². The predicted molar refractivity (Wildman–Crippen MR) is 78.1 cm³/mol. The molecule has 0 saturated heterocycles. The largest absolute Gasteiger partial charge is 0.346 e. The lowest BCUT2D eigenvalue weighted by molar-refractivity contribution is -0.197. The van der Waals surface area contributed by atoms with E-state index < -0.39 is 11.4 Å². The van der Waals surface area contributed by atoms with Gasteiger partial charge in [-0.3, -0.25) is 0 Å². The molecule has 0 fully saturated rings. The smallest absolute Gasteiger partial charge is 0.257 e. The van der Waals surface area contributed by atoms with Crippen LogP contribution in [0.4, 0.5) is 0 Å². The van der Waals surface area contributed by atoms with Crippen LogP contribution in [0.25, 0.3) is 11.1 Å². The predicted octanol–water partition coefficient (Wildman–Crippen LogP) is 1.84. The molecule has 3 rings (SSSR count). The molecule has 0 saturated carbocycles. The third-order valence-electron chi connectivity index (χ3n) is 4.08. The second kappa shape index (κ2) is 4.98. The van der Waals surface area contributed by atoms with E-state index in [2.05, 4.69) is 9.98 Å². The van der Waals surface area contributed by atoms with E-state index in [-0.39, 0.29) is 0 Å². The van der Waals surface area contributed by atoms with Gasteiger partial charge < -0.3 is 9.47 Å². The van der Waals surface area contributed by atoms with Gasteiger partial charge in [0.15, 0.2) is 0 Å². The summed E-state index contributed by atoms with van der Waals surface area (Å²) >= 11 is 0. The third kappa shape index (κ3) is 1.52. The standard InChI is InChI=1S/C16H12N2O4/c1-21-15(22-2)8-7-13-11-5-3-4-6-12(11)14(13)16(15,17-9-19)18-10-20/h3-8H,1-2H3. The molecule has 2 aliphatic rings. The summed E-state index contributed by atoms with van der Waals surface area (Å²) in [5, 5.41) is 0. The number of fused-ring (bicyclic) bond motifs is 3. The number of nitrogens with zero attached hydrogens (tertiary/aromatic N) is 2. The average molecular weight is 296 g/mol. The molecule has 22 heavy (non-hydrogen) atoms. The Hall–Kier alpha value is -2.62. The van der Waals surface area contributed by atoms with Crippen molar-refractivity contribution in [3.63, 3.8) is 0 Å². The third-order valence-corrected chi connectivity index (χ3v) is 4.08. The number of allylic oxidation sites excluding steroid dienone is 2. The van der Waals surface area contributed by atoms with Crippen molar-refractivity contribution in [1.82, 2.24) is 0 Å². The zero-order valence-electron chi connectivity index (χ0n) is 12.0. The highest BCUT2D eigenvalue weighted by Gasteiger charge is 2.61. The first-order valence-electron chi connectivity index (χ1n) is 6.52. The van der Waals surface area contributed by atoms with Crippen molar-refractivity contribution in [1.29, 1.82) is 0 Å². The summed E-state index contributed by atoms with van der Waals surface area (Å²) < 4.78 is 10.9. The fourth-order valence-electron chi connectivity index (χ4n) is 3.11. The number of benzene rings is 1. The quantitative estimate of drug-likeness (QED) is 0.482. The number of hydrogen-bond acceptors (Lipinski definition) is 6. The summed E-state index contributed by atoms with van der Waals surface area (Å²) in [4.78, 5) is 29.6. The van der Waals surface area contributed by atoms with Crippen LogP contribution in [0.2, 0.25) is 0 Å². The minimum atomic E-state index is -1.70. The molecule has 0 N–H and O–H groups in total. The van der Waals surface area contributed by atoms with Crippen LogP contribution >= 0.6 is 0 Å². The maximum absolute atomic E-state index is 11.0. The maximum atomic E-state index is 11.0. The summed E-state index contributed by atoms with van der Waals surface area (Å²) in [7, 11) is 2.78. The normalized spacial score (nSPS) is 23.5. The van der Waals surface area contributed by atoms with E-state index in [0.29, 0.717) is 5.57 Å². The van der Waals surface area contributed by atoms with Gasteiger partial charge in [0, 0.05) is 19.8 Å². The zero-order chi connectivity index (χ0) is 15.8. The van der Waals surface area contributed by atoms with Gasteiger partial charge >= 0.3 is 0 Å². The SMILES string of the molecule is COC1(OC)C=CC2=C(c3ccccc32)C1(N=C=O)N=C=O. The first-order valence-corrected chi connectivity index (χ1v) is 6.52. The summed E-state index contributed by atoms with van der Waals surface area (Å²) in [6.45, 7) is 0. The Kier molecular flexibility index (Phi) is 3.24. The number of methoxy groups -OCH3 is 2. The molecule has 0 unspecified atom stereocenters. The molecule has 0 aromatic heterocycles. The number of carbonyl (C=O) groups excluding carboxylic acids is 2. The highest BCUT2D eigenvalue weighted by atomic mass is 16.7. The second-order valence-electron chi connectivity index (χ2n) is 4.82. The molecule has 0 amide bonds. The van der Waals surface area contributed by atoms with Crippen LogP contribution in [-0.4, -0.2) is 37.8 Å². The lowest BCUT2D eigenvalue weighted by Gasteiger charge is -2.47. The van der Waals surface area contributed by atoms with E-state index in [1.807, 2.05) is 30.3 Å². The monoisotopic (exact) mass is 296 g/mol. The van der Waals surface area contributed by atoms with Crippen molar-refractivity contribution in [2.45, 2.75) is 11.4 Å². The summed E-state index contributed by atoms with van der Waals surface area (Å²) in [5.41, 5.74) is 1.54. The fourth-order valence-corrected chi connectivity index (χ4v) is 3.11. The van der Waals surface area contributed by atoms with Gasteiger partial charge in [0.1, 0.15) is 0 Å². The van der Waals surface area contributed by atoms with Crippen molar-refractivity contribution >= 4 is 23.3 Å². The first kappa shape index (κ1) is 14.3. The van der Waals surface area contributed by atoms with Crippen molar-refractivity contribution in [3.8, 4) is 0 Å². The van der Waals surface area contributed by atoms with E-state index in [4.69, 9.17) is 9.47 Å². The summed E-state index contributed by atoms with van der Waals surface area (Å²) in [6, 6.07) is 7.55. The number of rotatable bonds is 4. The van der Waals surface area contributed by atoms with Crippen LogP contribution in [0.5, 0.6) is 0 Å². The van der Waals surface area contributed by atoms with Gasteiger partial charge in [-0.1, -0.05) is 30.3 Å². The van der Waals surface area contributed by atoms with Gasteiger partial charge in [-0.05, 0) is 22.8 Å². The van der Waals surface area contributed by atoms with Crippen LogP contribution in [0, 0.1) is 0 Å². The van der Waals surface area contributed by atoms with Gasteiger partial charge in [-0.2, -0.15) is 9.98 Å². The summed E-state index contributed by atoms with van der Waals surface area (Å²) in [5.74, 6) is -1.52. The molecule has 2 aliphatic carbocycles. The van der Waals surface area contributed by atoms with E-state index in [0.717, 1.165) is 16.7 Å². The molecule has 110 valence electrons. The number of hydrogen-bond donors (Lipinski definition) is 0. The Labute approximate surface area is 126 Å². The van der Waals surface area contributed by atoms with Crippen molar-refractivity contribution in [3.05, 3.63) is 47.5 Å². The highest BCUT2D eigenvalue weighted by molar-refractivity contribution is 6.12. The van der Waals surface area contributed by atoms with Crippen LogP contribution in [0.15, 0.2) is 46.4 Å². The highest BCUT2D eigenvalue weighted by Crippen LogP contribution is 2.56. The Bertz CT molecular complexity index is 774. The van der Waals surface area contributed by atoms with Crippen LogP contribution < -0.4 is 0 Å². The van der Waals surface area contributed by atoms with E-state index >= 15 is 0 Å². The Morgan fingerprint density at radius 1 is 1.00 bits per heavy atom. The average Bonchev–Trinajstić information content (AvgIpc) is 2.53. The van der Waals surface area contributed by atoms with Gasteiger partial charge in [-0.15, -0.1) is 0 Å². The van der Waals surface area contributed by atoms with E-state index in [1.165, 1.54) is 26.4 Å².